The van der Waals surface area contributed by atoms with Crippen LogP contribution in [0.25, 0.3) is 0 Å². The average Bonchev–Trinajstić information content (AvgIpc) is 2.89. The molecule has 1 aromatic rings. The van der Waals surface area contributed by atoms with Crippen molar-refractivity contribution in [2.24, 2.45) is 0 Å². The molecule has 0 aliphatic rings. The average molecular weight is 321 g/mol. The van der Waals surface area contributed by atoms with E-state index >= 15 is 0 Å². The van der Waals surface area contributed by atoms with E-state index in [-0.39, 0.29) is 5.56 Å². The number of aliphatic carboxylic acids is 1. The Bertz CT molecular complexity index is 514. The summed E-state index contributed by atoms with van der Waals surface area (Å²) in [5.41, 5.74) is 0.0323. The summed E-state index contributed by atoms with van der Waals surface area (Å²) >= 11 is 0. The number of rotatable bonds is 8. The Labute approximate surface area is 125 Å². The third kappa shape index (κ3) is 6.15. The number of halogens is 3. The van der Waals surface area contributed by atoms with Gasteiger partial charge in [-0.3, -0.25) is 9.48 Å². The molecule has 2 N–H and O–H groups in total. The summed E-state index contributed by atoms with van der Waals surface area (Å²) in [5.74, 6) is -1.81. The minimum Gasteiger partial charge on any atom is -0.480 e. The molecule has 6 nitrogen and oxygen atoms in total. The molecule has 22 heavy (non-hydrogen) atoms. The molecule has 1 rings (SSSR count). The smallest absolute Gasteiger partial charge is 0.390 e. The van der Waals surface area contributed by atoms with Gasteiger partial charge in [-0.05, 0) is 6.42 Å². The van der Waals surface area contributed by atoms with Crippen molar-refractivity contribution in [3.05, 3.63) is 18.0 Å². The van der Waals surface area contributed by atoms with Crippen LogP contribution in [-0.2, 0) is 11.3 Å². The largest absolute Gasteiger partial charge is 0.480 e. The quantitative estimate of drug-likeness (QED) is 0.769. The highest BCUT2D eigenvalue weighted by Gasteiger charge is 2.27. The lowest BCUT2D eigenvalue weighted by Crippen LogP contribution is -2.40. The molecule has 9 heteroatoms. The summed E-state index contributed by atoms with van der Waals surface area (Å²) in [6.07, 6.45) is -1.35. The van der Waals surface area contributed by atoms with Crippen LogP contribution in [0.3, 0.4) is 0 Å². The van der Waals surface area contributed by atoms with Crippen LogP contribution >= 0.6 is 0 Å². The van der Waals surface area contributed by atoms with Crippen LogP contribution in [0.2, 0.25) is 0 Å². The van der Waals surface area contributed by atoms with Crippen LogP contribution in [0, 0.1) is 0 Å². The van der Waals surface area contributed by atoms with Crippen LogP contribution in [0.4, 0.5) is 13.2 Å². The van der Waals surface area contributed by atoms with Gasteiger partial charge in [0.05, 0.1) is 18.2 Å². The Balaban J connectivity index is 2.61. The number of hydrogen-bond acceptors (Lipinski definition) is 3. The van der Waals surface area contributed by atoms with Gasteiger partial charge in [0.1, 0.15) is 6.04 Å². The third-order valence-corrected chi connectivity index (χ3v) is 2.97. The van der Waals surface area contributed by atoms with E-state index in [1.165, 1.54) is 6.20 Å². The molecular weight excluding hydrogens is 303 g/mol. The molecule has 0 bridgehead atoms. The van der Waals surface area contributed by atoms with E-state index in [2.05, 4.69) is 10.4 Å². The first-order chi connectivity index (χ1) is 10.2. The number of nitrogens with one attached hydrogen (secondary N) is 1. The zero-order valence-corrected chi connectivity index (χ0v) is 12.1. The maximum absolute atomic E-state index is 12.1. The fraction of sp³-hybridized carbons (Fsp3) is 0.615. The van der Waals surface area contributed by atoms with Crippen LogP contribution < -0.4 is 5.32 Å². The van der Waals surface area contributed by atoms with Crippen LogP contribution in [0.15, 0.2) is 12.4 Å². The zero-order valence-electron chi connectivity index (χ0n) is 12.1. The van der Waals surface area contributed by atoms with E-state index in [1.807, 2.05) is 6.92 Å². The number of aromatic nitrogens is 2. The van der Waals surface area contributed by atoms with Crippen molar-refractivity contribution < 1.29 is 27.9 Å². The second-order valence-corrected chi connectivity index (χ2v) is 4.86. The molecule has 0 radical (unpaired) electrons. The molecule has 1 aromatic heterocycles. The SMILES string of the molecule is CCCCC(NC(=O)c1cnn(CCC(F)(F)F)c1)C(=O)O. The van der Waals surface area contributed by atoms with Gasteiger partial charge in [0.2, 0.25) is 0 Å². The first-order valence-electron chi connectivity index (χ1n) is 6.86. The molecule has 124 valence electrons. The van der Waals surface area contributed by atoms with Gasteiger partial charge in [0, 0.05) is 12.7 Å². The second kappa shape index (κ2) is 7.81. The Kier molecular flexibility index (Phi) is 6.39. The highest BCUT2D eigenvalue weighted by Crippen LogP contribution is 2.20. The number of unbranched alkanes of at least 4 members (excludes halogenated alkanes) is 1. The van der Waals surface area contributed by atoms with Crippen molar-refractivity contribution in [3.63, 3.8) is 0 Å². The number of alkyl halides is 3. The van der Waals surface area contributed by atoms with Gasteiger partial charge >= 0.3 is 12.1 Å². The lowest BCUT2D eigenvalue weighted by Gasteiger charge is -2.13. The zero-order chi connectivity index (χ0) is 16.8. The van der Waals surface area contributed by atoms with Gasteiger partial charge in [-0.15, -0.1) is 0 Å². The summed E-state index contributed by atoms with van der Waals surface area (Å²) in [5, 5.41) is 15.0. The van der Waals surface area contributed by atoms with E-state index in [0.717, 1.165) is 17.3 Å². The summed E-state index contributed by atoms with van der Waals surface area (Å²) < 4.78 is 37.3. The molecular formula is C13H18F3N3O3. The molecule has 0 aliphatic heterocycles. The van der Waals surface area contributed by atoms with Crippen molar-refractivity contribution in [3.8, 4) is 0 Å². The fourth-order valence-electron chi connectivity index (χ4n) is 1.75. The molecule has 0 fully saturated rings. The van der Waals surface area contributed by atoms with E-state index in [4.69, 9.17) is 5.11 Å². The van der Waals surface area contributed by atoms with Gasteiger partial charge in [-0.2, -0.15) is 18.3 Å². The van der Waals surface area contributed by atoms with E-state index in [0.29, 0.717) is 12.8 Å². The monoisotopic (exact) mass is 321 g/mol. The number of aryl methyl sites for hydroxylation is 1. The number of amides is 1. The summed E-state index contributed by atoms with van der Waals surface area (Å²) in [4.78, 5) is 22.9. The van der Waals surface area contributed by atoms with Crippen molar-refractivity contribution in [2.45, 2.75) is 51.4 Å². The maximum Gasteiger partial charge on any atom is 0.390 e. The van der Waals surface area contributed by atoms with Crippen molar-refractivity contribution >= 4 is 11.9 Å². The van der Waals surface area contributed by atoms with Crippen LogP contribution in [-0.4, -0.2) is 39.0 Å². The summed E-state index contributed by atoms with van der Waals surface area (Å²) in [6.45, 7) is 1.50. The van der Waals surface area contributed by atoms with Gasteiger partial charge in [-0.1, -0.05) is 19.8 Å². The lowest BCUT2D eigenvalue weighted by atomic mass is 10.1. The Morgan fingerprint density at radius 3 is 2.68 bits per heavy atom. The van der Waals surface area contributed by atoms with Crippen LogP contribution in [0.1, 0.15) is 43.0 Å². The predicted octanol–water partition coefficient (Wildman–Crippen LogP) is 2.21. The summed E-state index contributed by atoms with van der Waals surface area (Å²) in [6, 6.07) is -1.02. The highest BCUT2D eigenvalue weighted by molar-refractivity contribution is 5.96. The van der Waals surface area contributed by atoms with Crippen LogP contribution in [0.5, 0.6) is 0 Å². The van der Waals surface area contributed by atoms with Gasteiger partial charge in [0.25, 0.3) is 5.91 Å². The van der Waals surface area contributed by atoms with Gasteiger partial charge < -0.3 is 10.4 Å². The Morgan fingerprint density at radius 2 is 2.14 bits per heavy atom. The second-order valence-electron chi connectivity index (χ2n) is 4.86. The summed E-state index contributed by atoms with van der Waals surface area (Å²) in [7, 11) is 0. The van der Waals surface area contributed by atoms with Gasteiger partial charge in [-0.25, -0.2) is 4.79 Å². The number of carboxylic acid groups (broad SMARTS) is 1. The molecule has 1 heterocycles. The number of carbonyl (C=O) groups is 2. The number of nitrogens with zero attached hydrogens (tertiary/aromatic N) is 2. The van der Waals surface area contributed by atoms with Crippen molar-refractivity contribution in [1.29, 1.82) is 0 Å². The van der Waals surface area contributed by atoms with Crippen molar-refractivity contribution in [2.75, 3.05) is 0 Å². The molecule has 1 amide bonds. The number of hydrogen-bond donors (Lipinski definition) is 2. The molecule has 1 unspecified atom stereocenters. The number of carboxylic acids is 1. The Hall–Kier alpha value is -2.06. The van der Waals surface area contributed by atoms with E-state index < -0.39 is 37.1 Å². The first-order valence-corrected chi connectivity index (χ1v) is 6.86. The molecule has 0 saturated heterocycles. The fourth-order valence-corrected chi connectivity index (χ4v) is 1.75. The molecule has 0 aromatic carbocycles. The molecule has 1 atom stereocenters. The third-order valence-electron chi connectivity index (χ3n) is 2.97. The highest BCUT2D eigenvalue weighted by atomic mass is 19.4. The molecule has 0 saturated carbocycles. The topological polar surface area (TPSA) is 84.2 Å². The molecule has 0 aliphatic carbocycles. The Morgan fingerprint density at radius 1 is 1.45 bits per heavy atom. The molecule has 0 spiro atoms. The minimum absolute atomic E-state index is 0.0323. The predicted molar refractivity (Wildman–Crippen MR) is 71.3 cm³/mol. The van der Waals surface area contributed by atoms with E-state index in [1.54, 1.807) is 0 Å². The normalized spacial score (nSPS) is 12.9. The standard InChI is InChI=1S/C13H18F3N3O3/c1-2-3-4-10(12(21)22)18-11(20)9-7-17-19(8-9)6-5-13(14,15)16/h7-8,10H,2-6H2,1H3,(H,18,20)(H,21,22). The maximum atomic E-state index is 12.1. The van der Waals surface area contributed by atoms with Crippen molar-refractivity contribution in [1.82, 2.24) is 15.1 Å². The minimum atomic E-state index is -4.30. The van der Waals surface area contributed by atoms with Gasteiger partial charge in [0.15, 0.2) is 0 Å². The first kappa shape index (κ1) is 18.0. The van der Waals surface area contributed by atoms with E-state index in [9.17, 15) is 22.8 Å². The lowest BCUT2D eigenvalue weighted by molar-refractivity contribution is -0.139. The number of carbonyl (C=O) groups excluding carboxylic acids is 1.